The quantitative estimate of drug-likeness (QED) is 0.870. The monoisotopic (exact) mass is 319 g/mol. The molecule has 0 saturated carbocycles. The predicted octanol–water partition coefficient (Wildman–Crippen LogP) is 3.20. The van der Waals surface area contributed by atoms with Crippen LogP contribution >= 0.6 is 23.2 Å². The van der Waals surface area contributed by atoms with E-state index in [1.807, 2.05) is 0 Å². The maximum atomic E-state index is 13.5. The molecule has 2 rings (SSSR count). The van der Waals surface area contributed by atoms with Crippen LogP contribution in [0.3, 0.4) is 0 Å². The van der Waals surface area contributed by atoms with Crippen LogP contribution in [0.2, 0.25) is 10.0 Å². The van der Waals surface area contributed by atoms with E-state index < -0.39 is 17.8 Å². The summed E-state index contributed by atoms with van der Waals surface area (Å²) in [4.78, 5) is 11.9. The van der Waals surface area contributed by atoms with Crippen molar-refractivity contribution in [3.8, 4) is 0 Å². The van der Waals surface area contributed by atoms with Gasteiger partial charge in [-0.15, -0.1) is 0 Å². The number of carbonyl (C=O) groups excluding carboxylic acids is 1. The summed E-state index contributed by atoms with van der Waals surface area (Å²) < 4.78 is 23.6. The Labute approximate surface area is 125 Å². The Morgan fingerprint density at radius 2 is 2.10 bits per heavy atom. The molecule has 0 saturated heterocycles. The maximum Gasteiger partial charge on any atom is 0.290 e. The third-order valence-electron chi connectivity index (χ3n) is 2.73. The number of halogens is 3. The van der Waals surface area contributed by atoms with Gasteiger partial charge < -0.3 is 14.8 Å². The van der Waals surface area contributed by atoms with Crippen LogP contribution in [0, 0.1) is 5.82 Å². The summed E-state index contributed by atoms with van der Waals surface area (Å²) in [6, 6.07) is 1.99. The first-order chi connectivity index (χ1) is 9.49. The van der Waals surface area contributed by atoms with Gasteiger partial charge in [-0.2, -0.15) is 0 Å². The van der Waals surface area contributed by atoms with E-state index in [9.17, 15) is 9.18 Å². The average Bonchev–Trinajstić information content (AvgIpc) is 2.43. The van der Waals surface area contributed by atoms with Gasteiger partial charge in [0.05, 0.1) is 11.1 Å². The molecule has 0 fully saturated rings. The molecule has 20 heavy (non-hydrogen) atoms. The number of rotatable bonds is 3. The minimum atomic E-state index is -0.594. The van der Waals surface area contributed by atoms with Gasteiger partial charge in [-0.25, -0.2) is 4.39 Å². The molecule has 1 N–H and O–H groups in total. The van der Waals surface area contributed by atoms with Gasteiger partial charge in [0.1, 0.15) is 25.3 Å². The zero-order valence-electron chi connectivity index (χ0n) is 10.6. The molecule has 1 aromatic rings. The molecule has 0 aliphatic carbocycles. The lowest BCUT2D eigenvalue weighted by Gasteiger charge is -2.19. The lowest BCUT2D eigenvalue weighted by molar-refractivity contribution is -0.122. The molecule has 0 spiro atoms. The second kappa shape index (κ2) is 6.33. The Morgan fingerprint density at radius 1 is 1.35 bits per heavy atom. The zero-order valence-corrected chi connectivity index (χ0v) is 12.1. The molecule has 1 aliphatic rings. The SMILES string of the molecule is C[C@@H](NC(=O)C1=COCCO1)c1cc(F)c(Cl)cc1Cl. The first-order valence-electron chi connectivity index (χ1n) is 5.89. The smallest absolute Gasteiger partial charge is 0.290 e. The molecular formula is C13H12Cl2FNO3. The average molecular weight is 320 g/mol. The summed E-state index contributed by atoms with van der Waals surface area (Å²) in [7, 11) is 0. The van der Waals surface area contributed by atoms with Crippen LogP contribution < -0.4 is 5.32 Å². The molecule has 1 heterocycles. The highest BCUT2D eigenvalue weighted by Crippen LogP contribution is 2.28. The Balaban J connectivity index is 2.12. The third kappa shape index (κ3) is 3.35. The van der Waals surface area contributed by atoms with Gasteiger partial charge in [-0.3, -0.25) is 4.79 Å². The number of carbonyl (C=O) groups is 1. The van der Waals surface area contributed by atoms with Crippen LogP contribution in [0.4, 0.5) is 4.39 Å². The van der Waals surface area contributed by atoms with Crippen molar-refractivity contribution < 1.29 is 18.7 Å². The van der Waals surface area contributed by atoms with Gasteiger partial charge in [0.15, 0.2) is 0 Å². The molecule has 1 aromatic carbocycles. The lowest BCUT2D eigenvalue weighted by Crippen LogP contribution is -2.30. The van der Waals surface area contributed by atoms with Crippen molar-refractivity contribution in [3.63, 3.8) is 0 Å². The van der Waals surface area contributed by atoms with Crippen LogP contribution in [0.5, 0.6) is 0 Å². The van der Waals surface area contributed by atoms with Gasteiger partial charge in [-0.1, -0.05) is 23.2 Å². The first-order valence-corrected chi connectivity index (χ1v) is 6.64. The van der Waals surface area contributed by atoms with Crippen molar-refractivity contribution in [3.05, 3.63) is 45.6 Å². The maximum absolute atomic E-state index is 13.5. The standard InChI is InChI=1S/C13H12Cl2FNO3/c1-7(8-4-11(16)10(15)5-9(8)14)17-13(18)12-6-19-2-3-20-12/h4-7H,2-3H2,1H3,(H,17,18)/t7-/m1/s1. The molecule has 108 valence electrons. The second-order valence-electron chi connectivity index (χ2n) is 4.18. The molecule has 0 unspecified atom stereocenters. The van der Waals surface area contributed by atoms with Crippen molar-refractivity contribution in [2.24, 2.45) is 0 Å². The molecule has 7 heteroatoms. The van der Waals surface area contributed by atoms with Crippen LogP contribution in [0.25, 0.3) is 0 Å². The molecule has 0 bridgehead atoms. The van der Waals surface area contributed by atoms with E-state index in [2.05, 4.69) is 5.32 Å². The summed E-state index contributed by atoms with van der Waals surface area (Å²) in [5, 5.41) is 2.86. The van der Waals surface area contributed by atoms with Crippen molar-refractivity contribution in [2.75, 3.05) is 13.2 Å². The van der Waals surface area contributed by atoms with E-state index in [4.69, 9.17) is 32.7 Å². The normalized spacial score (nSPS) is 15.7. The molecule has 1 amide bonds. The van der Waals surface area contributed by atoms with Crippen LogP contribution in [-0.2, 0) is 14.3 Å². The number of ether oxygens (including phenoxy) is 2. The summed E-state index contributed by atoms with van der Waals surface area (Å²) >= 11 is 11.6. The topological polar surface area (TPSA) is 47.6 Å². The van der Waals surface area contributed by atoms with Crippen LogP contribution in [-0.4, -0.2) is 19.1 Å². The fourth-order valence-corrected chi connectivity index (χ4v) is 2.25. The van der Waals surface area contributed by atoms with Gasteiger partial charge in [0.2, 0.25) is 5.76 Å². The van der Waals surface area contributed by atoms with Crippen molar-refractivity contribution >= 4 is 29.1 Å². The van der Waals surface area contributed by atoms with E-state index in [1.165, 1.54) is 18.4 Å². The lowest BCUT2D eigenvalue weighted by atomic mass is 10.1. The highest BCUT2D eigenvalue weighted by atomic mass is 35.5. The van der Waals surface area contributed by atoms with Gasteiger partial charge in [0.25, 0.3) is 5.91 Å². The van der Waals surface area contributed by atoms with E-state index in [0.29, 0.717) is 18.8 Å². The van der Waals surface area contributed by atoms with Crippen molar-refractivity contribution in [2.45, 2.75) is 13.0 Å². The minimum Gasteiger partial charge on any atom is -0.494 e. The Bertz CT molecular complexity index is 563. The Hall–Kier alpha value is -1.46. The minimum absolute atomic E-state index is 0.0657. The fourth-order valence-electron chi connectivity index (χ4n) is 1.70. The van der Waals surface area contributed by atoms with Crippen LogP contribution in [0.1, 0.15) is 18.5 Å². The first kappa shape index (κ1) is 14.9. The van der Waals surface area contributed by atoms with Gasteiger partial charge >= 0.3 is 0 Å². The van der Waals surface area contributed by atoms with Gasteiger partial charge in [-0.05, 0) is 24.6 Å². The number of benzene rings is 1. The summed E-state index contributed by atoms with van der Waals surface area (Å²) in [6.45, 7) is 2.39. The molecule has 0 radical (unpaired) electrons. The number of amides is 1. The van der Waals surface area contributed by atoms with E-state index in [1.54, 1.807) is 6.92 Å². The van der Waals surface area contributed by atoms with E-state index in [0.717, 1.165) is 0 Å². The third-order valence-corrected chi connectivity index (χ3v) is 3.34. The second-order valence-corrected chi connectivity index (χ2v) is 5.00. The summed E-state index contributed by atoms with van der Waals surface area (Å²) in [6.07, 6.45) is 1.25. The van der Waals surface area contributed by atoms with Crippen molar-refractivity contribution in [1.82, 2.24) is 5.32 Å². The number of hydrogen-bond acceptors (Lipinski definition) is 3. The molecule has 0 aromatic heterocycles. The molecule has 1 aliphatic heterocycles. The molecule has 1 atom stereocenters. The van der Waals surface area contributed by atoms with E-state index in [-0.39, 0.29) is 15.8 Å². The van der Waals surface area contributed by atoms with Crippen LogP contribution in [0.15, 0.2) is 24.2 Å². The molecule has 4 nitrogen and oxygen atoms in total. The zero-order chi connectivity index (χ0) is 14.7. The van der Waals surface area contributed by atoms with Gasteiger partial charge in [0, 0.05) is 5.02 Å². The Kier molecular flexibility index (Phi) is 4.73. The largest absolute Gasteiger partial charge is 0.494 e. The number of nitrogens with one attached hydrogen (secondary N) is 1. The van der Waals surface area contributed by atoms with Crippen molar-refractivity contribution in [1.29, 1.82) is 0 Å². The summed E-state index contributed by atoms with van der Waals surface area (Å²) in [5.74, 6) is -0.971. The summed E-state index contributed by atoms with van der Waals surface area (Å²) in [5.41, 5.74) is 0.430. The highest BCUT2D eigenvalue weighted by Gasteiger charge is 2.20. The Morgan fingerprint density at radius 3 is 2.75 bits per heavy atom. The fraction of sp³-hybridized carbons (Fsp3) is 0.308. The molecular weight excluding hydrogens is 308 g/mol. The number of hydrogen-bond donors (Lipinski definition) is 1. The highest BCUT2D eigenvalue weighted by molar-refractivity contribution is 6.35. The van der Waals surface area contributed by atoms with E-state index >= 15 is 0 Å². The predicted molar refractivity (Wildman–Crippen MR) is 73.0 cm³/mol.